The van der Waals surface area contributed by atoms with Gasteiger partial charge in [0.2, 0.25) is 5.91 Å². The van der Waals surface area contributed by atoms with Crippen LogP contribution >= 0.6 is 28.1 Å². The minimum atomic E-state index is -1.09. The Morgan fingerprint density at radius 3 is 2.64 bits per heavy atom. The lowest BCUT2D eigenvalue weighted by molar-refractivity contribution is -0.130. The molecule has 1 N–H and O–H groups in total. The molecule has 0 aliphatic carbocycles. The number of amides is 2. The van der Waals surface area contributed by atoms with Gasteiger partial charge in [-0.25, -0.2) is 0 Å². The smallest absolute Gasteiger partial charge is 0.251 e. The number of para-hydroxylation sites is 1. The molecule has 3 aromatic rings. The standard InChI is InChI=1S/C20H13BrN4O2S/c21-13-6-8-14(9-7-13)25-19(27)15(18(26)24-20(25)28)11-23-16-5-1-3-12-4-2-10-22-17(12)16/h1-11,15H,(H,24,26,28)/t15-/m1/s1. The van der Waals surface area contributed by atoms with E-state index in [1.54, 1.807) is 36.5 Å². The molecule has 2 heterocycles. The van der Waals surface area contributed by atoms with Crippen molar-refractivity contribution in [2.75, 3.05) is 4.90 Å². The quantitative estimate of drug-likeness (QED) is 0.372. The van der Waals surface area contributed by atoms with E-state index in [4.69, 9.17) is 12.2 Å². The summed E-state index contributed by atoms with van der Waals surface area (Å²) in [6, 6.07) is 16.4. The molecule has 1 aliphatic rings. The number of hydrogen-bond acceptors (Lipinski definition) is 5. The molecule has 0 radical (unpaired) electrons. The molecule has 2 aromatic carbocycles. The van der Waals surface area contributed by atoms with Crippen molar-refractivity contribution in [2.45, 2.75) is 0 Å². The fourth-order valence-electron chi connectivity index (χ4n) is 2.90. The number of carbonyl (C=O) groups excluding carboxylic acids is 2. The van der Waals surface area contributed by atoms with Crippen LogP contribution in [0, 0.1) is 5.92 Å². The number of fused-ring (bicyclic) bond motifs is 1. The van der Waals surface area contributed by atoms with Crippen LogP contribution < -0.4 is 10.2 Å². The van der Waals surface area contributed by atoms with Gasteiger partial charge in [0.15, 0.2) is 11.0 Å². The number of nitrogens with one attached hydrogen (secondary N) is 1. The van der Waals surface area contributed by atoms with Gasteiger partial charge in [-0.3, -0.25) is 24.5 Å². The van der Waals surface area contributed by atoms with E-state index >= 15 is 0 Å². The number of thiocarbonyl (C=S) groups is 1. The number of nitrogens with zero attached hydrogens (tertiary/aromatic N) is 3. The van der Waals surface area contributed by atoms with E-state index in [1.165, 1.54) is 11.1 Å². The maximum absolute atomic E-state index is 13.0. The summed E-state index contributed by atoms with van der Waals surface area (Å²) in [7, 11) is 0. The van der Waals surface area contributed by atoms with E-state index in [2.05, 4.69) is 31.2 Å². The van der Waals surface area contributed by atoms with Crippen LogP contribution in [0.25, 0.3) is 10.9 Å². The second-order valence-electron chi connectivity index (χ2n) is 6.05. The summed E-state index contributed by atoms with van der Waals surface area (Å²) < 4.78 is 0.872. The molecular weight excluding hydrogens is 440 g/mol. The summed E-state index contributed by atoms with van der Waals surface area (Å²) in [5, 5.41) is 3.55. The highest BCUT2D eigenvalue weighted by atomic mass is 79.9. The first-order valence-electron chi connectivity index (χ1n) is 8.37. The minimum absolute atomic E-state index is 0.0498. The molecule has 8 heteroatoms. The molecule has 138 valence electrons. The van der Waals surface area contributed by atoms with Crippen molar-refractivity contribution in [3.05, 3.63) is 65.3 Å². The molecule has 4 rings (SSSR count). The highest BCUT2D eigenvalue weighted by Crippen LogP contribution is 2.25. The molecule has 6 nitrogen and oxygen atoms in total. The zero-order valence-electron chi connectivity index (χ0n) is 14.4. The number of pyridine rings is 1. The Morgan fingerprint density at radius 1 is 1.11 bits per heavy atom. The molecule has 1 saturated heterocycles. The van der Waals surface area contributed by atoms with Crippen LogP contribution in [0.5, 0.6) is 0 Å². The molecule has 2 amide bonds. The molecule has 0 spiro atoms. The van der Waals surface area contributed by atoms with E-state index < -0.39 is 17.7 Å². The fourth-order valence-corrected chi connectivity index (χ4v) is 3.46. The van der Waals surface area contributed by atoms with Crippen LogP contribution in [0.1, 0.15) is 0 Å². The van der Waals surface area contributed by atoms with Crippen molar-refractivity contribution >= 4 is 73.6 Å². The summed E-state index contributed by atoms with van der Waals surface area (Å²) >= 11 is 8.56. The summed E-state index contributed by atoms with van der Waals surface area (Å²) in [6.45, 7) is 0. The second kappa shape index (κ2) is 7.57. The maximum atomic E-state index is 13.0. The number of halogens is 1. The number of aliphatic imine (C=N–C) groups is 1. The van der Waals surface area contributed by atoms with E-state index in [1.807, 2.05) is 24.3 Å². The average molecular weight is 453 g/mol. The van der Waals surface area contributed by atoms with Gasteiger partial charge in [-0.1, -0.05) is 34.1 Å². The maximum Gasteiger partial charge on any atom is 0.251 e. The predicted molar refractivity (Wildman–Crippen MR) is 116 cm³/mol. The van der Waals surface area contributed by atoms with E-state index in [9.17, 15) is 9.59 Å². The van der Waals surface area contributed by atoms with E-state index in [0.717, 1.165) is 9.86 Å². The first-order valence-corrected chi connectivity index (χ1v) is 9.57. The van der Waals surface area contributed by atoms with Crippen LogP contribution in [0.15, 0.2) is 70.3 Å². The van der Waals surface area contributed by atoms with Crippen LogP contribution in [0.4, 0.5) is 11.4 Å². The average Bonchev–Trinajstić information content (AvgIpc) is 2.69. The van der Waals surface area contributed by atoms with E-state index in [-0.39, 0.29) is 5.11 Å². The Kier molecular flexibility index (Phi) is 4.97. The van der Waals surface area contributed by atoms with Gasteiger partial charge >= 0.3 is 0 Å². The lowest BCUT2D eigenvalue weighted by Crippen LogP contribution is -2.58. The first kappa shape index (κ1) is 18.4. The Morgan fingerprint density at radius 2 is 1.86 bits per heavy atom. The first-order chi connectivity index (χ1) is 13.5. The molecule has 0 saturated carbocycles. The van der Waals surface area contributed by atoms with Crippen molar-refractivity contribution in [2.24, 2.45) is 10.9 Å². The summed E-state index contributed by atoms with van der Waals surface area (Å²) in [6.07, 6.45) is 3.02. The molecular formula is C20H13BrN4O2S. The minimum Gasteiger partial charge on any atom is -0.301 e. The number of rotatable bonds is 3. The van der Waals surface area contributed by atoms with Crippen LogP contribution in [-0.2, 0) is 9.59 Å². The number of aromatic nitrogens is 1. The van der Waals surface area contributed by atoms with Gasteiger partial charge in [-0.15, -0.1) is 0 Å². The Labute approximate surface area is 174 Å². The third kappa shape index (κ3) is 3.44. The van der Waals surface area contributed by atoms with Crippen LogP contribution in [0.3, 0.4) is 0 Å². The highest BCUT2D eigenvalue weighted by Gasteiger charge is 2.38. The number of hydrogen-bond donors (Lipinski definition) is 1. The van der Waals surface area contributed by atoms with Crippen molar-refractivity contribution < 1.29 is 9.59 Å². The Balaban J connectivity index is 1.67. The Hall–Kier alpha value is -2.97. The SMILES string of the molecule is O=C1NC(=S)N(c2ccc(Br)cc2)C(=O)[C@@H]1C=Nc1cccc2cccnc12. The molecule has 0 unspecified atom stereocenters. The fraction of sp³-hybridized carbons (Fsp3) is 0.0500. The third-order valence-electron chi connectivity index (χ3n) is 4.26. The Bertz CT molecular complexity index is 1130. The summed E-state index contributed by atoms with van der Waals surface area (Å²) in [5.74, 6) is -2.04. The topological polar surface area (TPSA) is 74.7 Å². The van der Waals surface area contributed by atoms with Gasteiger partial charge in [-0.05, 0) is 48.6 Å². The zero-order valence-corrected chi connectivity index (χ0v) is 16.8. The molecule has 1 aliphatic heterocycles. The number of carbonyl (C=O) groups is 2. The summed E-state index contributed by atoms with van der Waals surface area (Å²) in [4.78, 5) is 35.4. The van der Waals surface area contributed by atoms with Gasteiger partial charge in [-0.2, -0.15) is 0 Å². The van der Waals surface area contributed by atoms with Gasteiger partial charge in [0.25, 0.3) is 5.91 Å². The van der Waals surface area contributed by atoms with Crippen LogP contribution in [-0.4, -0.2) is 28.1 Å². The van der Waals surface area contributed by atoms with Crippen molar-refractivity contribution in [3.63, 3.8) is 0 Å². The summed E-state index contributed by atoms with van der Waals surface area (Å²) in [5.41, 5.74) is 1.86. The monoisotopic (exact) mass is 452 g/mol. The molecule has 0 bridgehead atoms. The van der Waals surface area contributed by atoms with Crippen molar-refractivity contribution in [1.29, 1.82) is 0 Å². The normalized spacial score (nSPS) is 17.4. The van der Waals surface area contributed by atoms with Crippen molar-refractivity contribution in [3.8, 4) is 0 Å². The number of benzene rings is 2. The van der Waals surface area contributed by atoms with Gasteiger partial charge in [0.1, 0.15) is 0 Å². The second-order valence-corrected chi connectivity index (χ2v) is 7.35. The molecule has 1 atom stereocenters. The van der Waals surface area contributed by atoms with Gasteiger partial charge in [0.05, 0.1) is 16.9 Å². The van der Waals surface area contributed by atoms with Gasteiger partial charge < -0.3 is 5.32 Å². The predicted octanol–water partition coefficient (Wildman–Crippen LogP) is 3.76. The molecule has 1 aromatic heterocycles. The molecule has 1 fully saturated rings. The molecule has 28 heavy (non-hydrogen) atoms. The lowest BCUT2D eigenvalue weighted by Gasteiger charge is -2.30. The zero-order chi connectivity index (χ0) is 19.7. The van der Waals surface area contributed by atoms with Gasteiger partial charge in [0, 0.05) is 22.3 Å². The van der Waals surface area contributed by atoms with Crippen molar-refractivity contribution in [1.82, 2.24) is 10.3 Å². The highest BCUT2D eigenvalue weighted by molar-refractivity contribution is 9.10. The lowest BCUT2D eigenvalue weighted by atomic mass is 10.1. The largest absolute Gasteiger partial charge is 0.301 e. The van der Waals surface area contributed by atoms with Crippen LogP contribution in [0.2, 0.25) is 0 Å². The van der Waals surface area contributed by atoms with E-state index in [0.29, 0.717) is 16.9 Å². The third-order valence-corrected chi connectivity index (χ3v) is 5.07. The number of anilines is 1.